The van der Waals surface area contributed by atoms with Gasteiger partial charge in [0.2, 0.25) is 5.95 Å². The van der Waals surface area contributed by atoms with E-state index in [9.17, 15) is 0 Å². The van der Waals surface area contributed by atoms with Crippen molar-refractivity contribution < 1.29 is 4.74 Å². The fraction of sp³-hybridized carbons (Fsp3) is 0.190. The number of nitrogens with zero attached hydrogens (tertiary/aromatic N) is 4. The molecule has 2 aliphatic rings. The highest BCUT2D eigenvalue weighted by molar-refractivity contribution is 5.86. The Balaban J connectivity index is 1.38. The first-order chi connectivity index (χ1) is 13.3. The van der Waals surface area contributed by atoms with Crippen LogP contribution in [0.3, 0.4) is 0 Å². The topological polar surface area (TPSA) is 62.6 Å². The van der Waals surface area contributed by atoms with Crippen molar-refractivity contribution in [3.63, 3.8) is 0 Å². The second kappa shape index (κ2) is 6.39. The number of hydrogen-bond acceptors (Lipinski definition) is 6. The van der Waals surface area contributed by atoms with Gasteiger partial charge in [0, 0.05) is 30.2 Å². The summed E-state index contributed by atoms with van der Waals surface area (Å²) in [5, 5.41) is 3.38. The molecule has 5 rings (SSSR count). The molecule has 0 saturated carbocycles. The smallest absolute Gasteiger partial charge is 0.227 e. The normalized spacial score (nSPS) is 14.2. The number of anilines is 3. The molecule has 0 bridgehead atoms. The fourth-order valence-electron chi connectivity index (χ4n) is 3.62. The molecular weight excluding hydrogens is 338 g/mol. The van der Waals surface area contributed by atoms with Crippen LogP contribution in [-0.2, 0) is 19.6 Å². The molecule has 3 heterocycles. The first-order valence-corrected chi connectivity index (χ1v) is 8.93. The first-order valence-electron chi connectivity index (χ1n) is 8.93. The highest BCUT2D eigenvalue weighted by atomic mass is 16.5. The first kappa shape index (κ1) is 15.8. The summed E-state index contributed by atoms with van der Waals surface area (Å²) in [7, 11) is 1.71. The van der Waals surface area contributed by atoms with Gasteiger partial charge in [0.15, 0.2) is 0 Å². The lowest BCUT2D eigenvalue weighted by Gasteiger charge is -2.16. The molecule has 0 radical (unpaired) electrons. The standard InChI is InChI=1S/C21H19N5O/c1-27-19-4-2-3-15-12-26(13-18(15)19)21-23-8-7-20(25-21)24-17-6-5-14-10-22-11-16(14)9-17/h2-9,11H,10,12-13H2,1H3,(H,23,24,25). The molecule has 6 heteroatoms. The van der Waals surface area contributed by atoms with Crippen LogP contribution in [0.5, 0.6) is 5.75 Å². The molecular formula is C21H19N5O. The Kier molecular flexibility index (Phi) is 3.74. The molecule has 0 unspecified atom stereocenters. The summed E-state index contributed by atoms with van der Waals surface area (Å²) < 4.78 is 5.49. The Morgan fingerprint density at radius 2 is 2.04 bits per heavy atom. The molecule has 6 nitrogen and oxygen atoms in total. The lowest BCUT2D eigenvalue weighted by Crippen LogP contribution is -2.18. The fourth-order valence-corrected chi connectivity index (χ4v) is 3.62. The molecule has 0 spiro atoms. The summed E-state index contributed by atoms with van der Waals surface area (Å²) in [6.45, 7) is 2.30. The maximum absolute atomic E-state index is 5.49. The van der Waals surface area contributed by atoms with Crippen LogP contribution in [0.1, 0.15) is 22.3 Å². The Morgan fingerprint density at radius 1 is 1.07 bits per heavy atom. The summed E-state index contributed by atoms with van der Waals surface area (Å²) in [4.78, 5) is 15.6. The monoisotopic (exact) mass is 357 g/mol. The van der Waals surface area contributed by atoms with Crippen LogP contribution in [-0.4, -0.2) is 23.3 Å². The van der Waals surface area contributed by atoms with E-state index in [0.29, 0.717) is 5.95 Å². The predicted molar refractivity (Wildman–Crippen MR) is 106 cm³/mol. The third kappa shape index (κ3) is 2.89. The number of benzene rings is 2. The van der Waals surface area contributed by atoms with Gasteiger partial charge in [0.25, 0.3) is 0 Å². The Morgan fingerprint density at radius 3 is 2.96 bits per heavy atom. The van der Waals surface area contributed by atoms with Gasteiger partial charge >= 0.3 is 0 Å². The third-order valence-corrected chi connectivity index (χ3v) is 5.00. The lowest BCUT2D eigenvalue weighted by atomic mass is 10.1. The zero-order valence-electron chi connectivity index (χ0n) is 15.0. The summed E-state index contributed by atoms with van der Waals surface area (Å²) in [5.41, 5.74) is 5.89. The summed E-state index contributed by atoms with van der Waals surface area (Å²) >= 11 is 0. The average Bonchev–Trinajstić information content (AvgIpc) is 3.34. The van der Waals surface area contributed by atoms with Crippen molar-refractivity contribution in [3.05, 3.63) is 70.9 Å². The molecule has 1 N–H and O–H groups in total. The van der Waals surface area contributed by atoms with Crippen LogP contribution >= 0.6 is 0 Å². The maximum atomic E-state index is 5.49. The molecule has 134 valence electrons. The largest absolute Gasteiger partial charge is 0.496 e. The number of ether oxygens (including phenoxy) is 1. The summed E-state index contributed by atoms with van der Waals surface area (Å²) in [6.07, 6.45) is 3.71. The molecule has 1 aromatic heterocycles. The van der Waals surface area contributed by atoms with E-state index in [-0.39, 0.29) is 0 Å². The van der Waals surface area contributed by atoms with Crippen LogP contribution in [0, 0.1) is 0 Å². The Labute approximate surface area is 157 Å². The van der Waals surface area contributed by atoms with Crippen LogP contribution in [0.25, 0.3) is 0 Å². The van der Waals surface area contributed by atoms with Crippen LogP contribution < -0.4 is 15.0 Å². The van der Waals surface area contributed by atoms with Gasteiger partial charge in [-0.25, -0.2) is 4.98 Å². The second-order valence-electron chi connectivity index (χ2n) is 6.70. The van der Waals surface area contributed by atoms with Crippen LogP contribution in [0.2, 0.25) is 0 Å². The molecule has 0 atom stereocenters. The Hall–Kier alpha value is -3.41. The molecule has 2 aliphatic heterocycles. The second-order valence-corrected chi connectivity index (χ2v) is 6.70. The zero-order valence-corrected chi connectivity index (χ0v) is 15.0. The van der Waals surface area contributed by atoms with E-state index in [1.165, 1.54) is 16.7 Å². The van der Waals surface area contributed by atoms with Crippen molar-refractivity contribution in [2.45, 2.75) is 19.6 Å². The number of methoxy groups -OCH3 is 1. The third-order valence-electron chi connectivity index (χ3n) is 5.00. The van der Waals surface area contributed by atoms with Gasteiger partial charge < -0.3 is 15.0 Å². The Bertz CT molecular complexity index is 1050. The van der Waals surface area contributed by atoms with Gasteiger partial charge in [-0.3, -0.25) is 4.99 Å². The number of rotatable bonds is 4. The number of nitrogens with one attached hydrogen (secondary N) is 1. The van der Waals surface area contributed by atoms with Crippen LogP contribution in [0.4, 0.5) is 17.5 Å². The highest BCUT2D eigenvalue weighted by Crippen LogP contribution is 2.33. The van der Waals surface area contributed by atoms with Gasteiger partial charge in [0.1, 0.15) is 11.6 Å². The highest BCUT2D eigenvalue weighted by Gasteiger charge is 2.24. The van der Waals surface area contributed by atoms with Gasteiger partial charge in [-0.05, 0) is 41.0 Å². The SMILES string of the molecule is COc1cccc2c1CN(c1nccc(Nc3ccc4c(c3)C=NC4)n1)C2. The lowest BCUT2D eigenvalue weighted by molar-refractivity contribution is 0.410. The van der Waals surface area contributed by atoms with Crippen molar-refractivity contribution >= 4 is 23.7 Å². The maximum Gasteiger partial charge on any atom is 0.227 e. The van der Waals surface area contributed by atoms with E-state index >= 15 is 0 Å². The molecule has 2 aromatic carbocycles. The summed E-state index contributed by atoms with van der Waals surface area (Å²) in [5.74, 6) is 2.41. The van der Waals surface area contributed by atoms with E-state index in [1.807, 2.05) is 24.4 Å². The van der Waals surface area contributed by atoms with E-state index in [0.717, 1.165) is 42.5 Å². The van der Waals surface area contributed by atoms with Crippen molar-refractivity contribution in [1.29, 1.82) is 0 Å². The molecule has 27 heavy (non-hydrogen) atoms. The summed E-state index contributed by atoms with van der Waals surface area (Å²) in [6, 6.07) is 14.3. The van der Waals surface area contributed by atoms with Gasteiger partial charge in [-0.15, -0.1) is 0 Å². The zero-order chi connectivity index (χ0) is 18.2. The van der Waals surface area contributed by atoms with E-state index in [4.69, 9.17) is 9.72 Å². The quantitative estimate of drug-likeness (QED) is 0.772. The predicted octanol–water partition coefficient (Wildman–Crippen LogP) is 3.68. The van der Waals surface area contributed by atoms with E-state index in [2.05, 4.69) is 44.5 Å². The minimum Gasteiger partial charge on any atom is -0.496 e. The van der Waals surface area contributed by atoms with Gasteiger partial charge in [-0.2, -0.15) is 4.98 Å². The van der Waals surface area contributed by atoms with E-state index in [1.54, 1.807) is 13.3 Å². The van der Waals surface area contributed by atoms with Crippen molar-refractivity contribution in [3.8, 4) is 5.75 Å². The van der Waals surface area contributed by atoms with Crippen LogP contribution in [0.15, 0.2) is 53.7 Å². The molecule has 0 saturated heterocycles. The van der Waals surface area contributed by atoms with Crippen molar-refractivity contribution in [2.24, 2.45) is 4.99 Å². The van der Waals surface area contributed by atoms with Gasteiger partial charge in [0.05, 0.1) is 20.2 Å². The van der Waals surface area contributed by atoms with Gasteiger partial charge in [-0.1, -0.05) is 18.2 Å². The minimum atomic E-state index is 0.709. The molecule has 0 aliphatic carbocycles. The molecule has 0 fully saturated rings. The number of hydrogen-bond donors (Lipinski definition) is 1. The van der Waals surface area contributed by atoms with Crippen molar-refractivity contribution in [1.82, 2.24) is 9.97 Å². The number of aromatic nitrogens is 2. The molecule has 0 amide bonds. The molecule has 3 aromatic rings. The average molecular weight is 357 g/mol. The minimum absolute atomic E-state index is 0.709. The number of fused-ring (bicyclic) bond motifs is 2. The van der Waals surface area contributed by atoms with Crippen molar-refractivity contribution in [2.75, 3.05) is 17.3 Å². The number of aliphatic imine (C=N–C) groups is 1. The van der Waals surface area contributed by atoms with E-state index < -0.39 is 0 Å².